The molecule has 5 heteroatoms. The van der Waals surface area contributed by atoms with Gasteiger partial charge in [0.15, 0.2) is 0 Å². The van der Waals surface area contributed by atoms with Crippen LogP contribution in [0.5, 0.6) is 0 Å². The fraction of sp³-hybridized carbons (Fsp3) is 0.385. The van der Waals surface area contributed by atoms with Crippen molar-refractivity contribution in [1.82, 2.24) is 4.98 Å². The maximum Gasteiger partial charge on any atom is 0.274 e. The van der Waals surface area contributed by atoms with Gasteiger partial charge in [-0.15, -0.1) is 0 Å². The van der Waals surface area contributed by atoms with E-state index in [0.717, 1.165) is 35.7 Å². The van der Waals surface area contributed by atoms with Crippen molar-refractivity contribution < 1.29 is 4.92 Å². The standard InChI is InChI=1S/C13H13ClN2O2/c1-7-11(16(17)18)6-9(14)13-12(7)8-4-2-3-5-10(8)15-13/h6,15H,2-5H2,1H3. The van der Waals surface area contributed by atoms with Gasteiger partial charge in [-0.05, 0) is 38.2 Å². The number of nitrogens with zero attached hydrogens (tertiary/aromatic N) is 1. The predicted octanol–water partition coefficient (Wildman–Crippen LogP) is 3.92. The Morgan fingerprint density at radius 2 is 2.11 bits per heavy atom. The van der Waals surface area contributed by atoms with Crippen LogP contribution in [0.2, 0.25) is 5.02 Å². The fourth-order valence-electron chi connectivity index (χ4n) is 2.89. The monoisotopic (exact) mass is 264 g/mol. The molecule has 1 aromatic carbocycles. The van der Waals surface area contributed by atoms with Gasteiger partial charge in [0.1, 0.15) is 0 Å². The molecule has 4 nitrogen and oxygen atoms in total. The summed E-state index contributed by atoms with van der Waals surface area (Å²) < 4.78 is 0. The second kappa shape index (κ2) is 3.99. The first kappa shape index (κ1) is 11.5. The topological polar surface area (TPSA) is 58.9 Å². The van der Waals surface area contributed by atoms with Crippen LogP contribution in [-0.4, -0.2) is 9.91 Å². The molecule has 2 aromatic rings. The number of halogens is 1. The molecule has 1 aromatic heterocycles. The number of H-pyrrole nitrogens is 1. The molecule has 18 heavy (non-hydrogen) atoms. The molecule has 1 aliphatic carbocycles. The zero-order valence-electron chi connectivity index (χ0n) is 10.0. The number of aromatic amines is 1. The number of aromatic nitrogens is 1. The van der Waals surface area contributed by atoms with Gasteiger partial charge in [0.2, 0.25) is 0 Å². The van der Waals surface area contributed by atoms with E-state index in [9.17, 15) is 10.1 Å². The van der Waals surface area contributed by atoms with Crippen LogP contribution in [0.3, 0.4) is 0 Å². The lowest BCUT2D eigenvalue weighted by atomic mass is 9.93. The van der Waals surface area contributed by atoms with E-state index >= 15 is 0 Å². The third-order valence-corrected chi connectivity index (χ3v) is 4.05. The van der Waals surface area contributed by atoms with E-state index in [2.05, 4.69) is 4.98 Å². The Bertz CT molecular complexity index is 661. The smallest absolute Gasteiger partial charge is 0.274 e. The van der Waals surface area contributed by atoms with E-state index in [1.165, 1.54) is 23.7 Å². The van der Waals surface area contributed by atoms with Crippen LogP contribution in [0.1, 0.15) is 29.7 Å². The molecule has 0 amide bonds. The van der Waals surface area contributed by atoms with Gasteiger partial charge in [-0.3, -0.25) is 10.1 Å². The fourth-order valence-corrected chi connectivity index (χ4v) is 3.14. The van der Waals surface area contributed by atoms with Crippen molar-refractivity contribution in [3.8, 4) is 0 Å². The number of nitro groups is 1. The van der Waals surface area contributed by atoms with Crippen LogP contribution in [0, 0.1) is 17.0 Å². The number of hydrogen-bond donors (Lipinski definition) is 1. The first-order valence-electron chi connectivity index (χ1n) is 6.06. The maximum absolute atomic E-state index is 11.0. The molecular formula is C13H13ClN2O2. The summed E-state index contributed by atoms with van der Waals surface area (Å²) in [5.74, 6) is 0. The van der Waals surface area contributed by atoms with Gasteiger partial charge in [0.05, 0.1) is 15.5 Å². The van der Waals surface area contributed by atoms with Crippen molar-refractivity contribution >= 4 is 28.2 Å². The summed E-state index contributed by atoms with van der Waals surface area (Å²) in [7, 11) is 0. The largest absolute Gasteiger partial charge is 0.357 e. The van der Waals surface area contributed by atoms with Gasteiger partial charge in [-0.1, -0.05) is 11.6 Å². The van der Waals surface area contributed by atoms with Gasteiger partial charge in [0.25, 0.3) is 5.69 Å². The maximum atomic E-state index is 11.0. The van der Waals surface area contributed by atoms with Gasteiger partial charge in [-0.25, -0.2) is 0 Å². The van der Waals surface area contributed by atoms with Crippen molar-refractivity contribution in [2.45, 2.75) is 32.6 Å². The predicted molar refractivity (Wildman–Crippen MR) is 71.3 cm³/mol. The normalized spacial score (nSPS) is 14.8. The van der Waals surface area contributed by atoms with Gasteiger partial charge in [-0.2, -0.15) is 0 Å². The SMILES string of the molecule is Cc1c([N+](=O)[O-])cc(Cl)c2[nH]c3c(c12)CCCC3. The summed E-state index contributed by atoms with van der Waals surface area (Å²) in [5, 5.41) is 12.4. The molecular weight excluding hydrogens is 252 g/mol. The van der Waals surface area contributed by atoms with Crippen molar-refractivity contribution in [3.05, 3.63) is 38.0 Å². The number of fused-ring (bicyclic) bond motifs is 3. The molecule has 0 unspecified atom stereocenters. The Labute approximate surface area is 109 Å². The van der Waals surface area contributed by atoms with Crippen molar-refractivity contribution in [2.75, 3.05) is 0 Å². The van der Waals surface area contributed by atoms with Crippen molar-refractivity contribution in [3.63, 3.8) is 0 Å². The minimum Gasteiger partial charge on any atom is -0.357 e. The zero-order chi connectivity index (χ0) is 12.9. The summed E-state index contributed by atoms with van der Waals surface area (Å²) in [6.45, 7) is 1.81. The van der Waals surface area contributed by atoms with Crippen LogP contribution in [-0.2, 0) is 12.8 Å². The lowest BCUT2D eigenvalue weighted by molar-refractivity contribution is -0.385. The van der Waals surface area contributed by atoms with E-state index in [1.54, 1.807) is 6.92 Å². The van der Waals surface area contributed by atoms with Gasteiger partial charge >= 0.3 is 0 Å². The molecule has 0 fully saturated rings. The van der Waals surface area contributed by atoms with Crippen LogP contribution in [0.15, 0.2) is 6.07 Å². The Balaban J connectivity index is 2.40. The van der Waals surface area contributed by atoms with E-state index < -0.39 is 0 Å². The summed E-state index contributed by atoms with van der Waals surface area (Å²) in [4.78, 5) is 14.0. The van der Waals surface area contributed by atoms with Crippen LogP contribution in [0.25, 0.3) is 10.9 Å². The average molecular weight is 265 g/mol. The number of benzene rings is 1. The summed E-state index contributed by atoms with van der Waals surface area (Å²) in [5.41, 5.74) is 4.10. The molecule has 0 radical (unpaired) electrons. The Morgan fingerprint density at radius 3 is 2.83 bits per heavy atom. The zero-order valence-corrected chi connectivity index (χ0v) is 10.8. The lowest BCUT2D eigenvalue weighted by Crippen LogP contribution is -2.00. The minimum atomic E-state index is -0.358. The van der Waals surface area contributed by atoms with Gasteiger partial charge < -0.3 is 4.98 Å². The Kier molecular flexibility index (Phi) is 2.55. The quantitative estimate of drug-likeness (QED) is 0.627. The lowest BCUT2D eigenvalue weighted by Gasteiger charge is -2.11. The molecule has 1 heterocycles. The second-order valence-corrected chi connectivity index (χ2v) is 5.21. The molecule has 94 valence electrons. The van der Waals surface area contributed by atoms with E-state index in [0.29, 0.717) is 5.02 Å². The highest BCUT2D eigenvalue weighted by Gasteiger charge is 2.23. The van der Waals surface area contributed by atoms with Crippen molar-refractivity contribution in [2.24, 2.45) is 0 Å². The highest BCUT2D eigenvalue weighted by atomic mass is 35.5. The number of aryl methyl sites for hydroxylation is 3. The summed E-state index contributed by atoms with van der Waals surface area (Å²) in [6.07, 6.45) is 4.29. The average Bonchev–Trinajstić information content (AvgIpc) is 2.73. The third-order valence-electron chi connectivity index (χ3n) is 3.75. The Morgan fingerprint density at radius 1 is 1.39 bits per heavy atom. The first-order valence-corrected chi connectivity index (χ1v) is 6.44. The molecule has 0 spiro atoms. The number of nitrogens with one attached hydrogen (secondary N) is 1. The third kappa shape index (κ3) is 1.52. The molecule has 0 saturated carbocycles. The number of rotatable bonds is 1. The van der Waals surface area contributed by atoms with E-state index in [1.807, 2.05) is 0 Å². The number of nitro benzene ring substituents is 1. The molecule has 1 N–H and O–H groups in total. The molecule has 1 aliphatic rings. The molecule has 3 rings (SSSR count). The summed E-state index contributed by atoms with van der Waals surface area (Å²) >= 11 is 6.16. The molecule has 0 aliphatic heterocycles. The molecule has 0 atom stereocenters. The highest BCUT2D eigenvalue weighted by molar-refractivity contribution is 6.35. The van der Waals surface area contributed by atoms with Gasteiger partial charge in [0, 0.05) is 22.7 Å². The number of hydrogen-bond acceptors (Lipinski definition) is 2. The van der Waals surface area contributed by atoms with Crippen LogP contribution < -0.4 is 0 Å². The Hall–Kier alpha value is -1.55. The van der Waals surface area contributed by atoms with Crippen LogP contribution >= 0.6 is 11.6 Å². The second-order valence-electron chi connectivity index (χ2n) is 4.80. The van der Waals surface area contributed by atoms with Crippen LogP contribution in [0.4, 0.5) is 5.69 Å². The van der Waals surface area contributed by atoms with Crippen molar-refractivity contribution in [1.29, 1.82) is 0 Å². The highest BCUT2D eigenvalue weighted by Crippen LogP contribution is 2.38. The molecule has 0 saturated heterocycles. The molecule has 0 bridgehead atoms. The summed E-state index contributed by atoms with van der Waals surface area (Å²) in [6, 6.07) is 1.45. The van der Waals surface area contributed by atoms with E-state index in [-0.39, 0.29) is 10.6 Å². The minimum absolute atomic E-state index is 0.111. The van der Waals surface area contributed by atoms with E-state index in [4.69, 9.17) is 11.6 Å². The first-order chi connectivity index (χ1) is 8.59.